The molecule has 0 radical (unpaired) electrons. The van der Waals surface area contributed by atoms with Crippen LogP contribution in [0.25, 0.3) is 10.9 Å². The van der Waals surface area contributed by atoms with Crippen molar-refractivity contribution in [3.63, 3.8) is 0 Å². The van der Waals surface area contributed by atoms with E-state index in [0.717, 1.165) is 15.4 Å². The summed E-state index contributed by atoms with van der Waals surface area (Å²) in [5.74, 6) is -0.164. The quantitative estimate of drug-likeness (QED) is 0.905. The number of aromatic nitrogens is 1. The molecule has 0 aliphatic carbocycles. The zero-order valence-electron chi connectivity index (χ0n) is 9.40. The number of rotatable bonds is 3. The van der Waals surface area contributed by atoms with Crippen LogP contribution < -0.4 is 5.32 Å². The van der Waals surface area contributed by atoms with Crippen molar-refractivity contribution in [2.45, 2.75) is 0 Å². The zero-order chi connectivity index (χ0) is 12.4. The number of aryl methyl sites for hydroxylation is 1. The number of carbonyl (C=O) groups is 1. The van der Waals surface area contributed by atoms with Gasteiger partial charge in [0.2, 0.25) is 0 Å². The predicted octanol–water partition coefficient (Wildman–Crippen LogP) is 1.66. The molecule has 0 atom stereocenters. The third-order valence-electron chi connectivity index (χ3n) is 2.59. The number of aliphatic hydroxyl groups is 1. The van der Waals surface area contributed by atoms with E-state index < -0.39 is 0 Å². The number of nitrogens with one attached hydrogen (secondary N) is 1. The van der Waals surface area contributed by atoms with E-state index in [1.54, 1.807) is 6.20 Å². The molecule has 17 heavy (non-hydrogen) atoms. The highest BCUT2D eigenvalue weighted by Gasteiger charge is 2.13. The Balaban J connectivity index is 2.46. The van der Waals surface area contributed by atoms with Crippen molar-refractivity contribution < 1.29 is 9.90 Å². The number of fused-ring (bicyclic) bond motifs is 1. The second kappa shape index (κ2) is 4.89. The van der Waals surface area contributed by atoms with E-state index in [1.807, 2.05) is 29.8 Å². The minimum Gasteiger partial charge on any atom is -0.395 e. The molecule has 2 aromatic rings. The molecule has 0 aliphatic rings. The standard InChI is InChI=1S/C12H13BrN2O2/c1-15-7-10(12(17)14-4-5-16)9-6-8(13)2-3-11(9)15/h2-3,6-7,16H,4-5H2,1H3,(H,14,17). The highest BCUT2D eigenvalue weighted by atomic mass is 79.9. The van der Waals surface area contributed by atoms with Crippen molar-refractivity contribution in [1.82, 2.24) is 9.88 Å². The van der Waals surface area contributed by atoms with Gasteiger partial charge in [-0.25, -0.2) is 0 Å². The molecule has 1 amide bonds. The lowest BCUT2D eigenvalue weighted by Crippen LogP contribution is -2.26. The second-order valence-corrected chi connectivity index (χ2v) is 4.71. The predicted molar refractivity (Wildman–Crippen MR) is 70.0 cm³/mol. The first-order valence-corrected chi connectivity index (χ1v) is 6.06. The molecular weight excluding hydrogens is 284 g/mol. The van der Waals surface area contributed by atoms with E-state index in [-0.39, 0.29) is 19.1 Å². The van der Waals surface area contributed by atoms with Gasteiger partial charge in [0.05, 0.1) is 12.2 Å². The van der Waals surface area contributed by atoms with E-state index in [1.165, 1.54) is 0 Å². The van der Waals surface area contributed by atoms with Crippen LogP contribution in [0.1, 0.15) is 10.4 Å². The van der Waals surface area contributed by atoms with Crippen molar-refractivity contribution >= 4 is 32.7 Å². The maximum absolute atomic E-state index is 11.9. The van der Waals surface area contributed by atoms with Gasteiger partial charge in [-0.2, -0.15) is 0 Å². The number of aliphatic hydroxyl groups excluding tert-OH is 1. The van der Waals surface area contributed by atoms with Gasteiger partial charge in [-0.3, -0.25) is 4.79 Å². The molecule has 2 N–H and O–H groups in total. The van der Waals surface area contributed by atoms with Crippen molar-refractivity contribution in [3.8, 4) is 0 Å². The molecule has 5 heteroatoms. The molecule has 1 heterocycles. The summed E-state index contributed by atoms with van der Waals surface area (Å²) in [5.41, 5.74) is 1.62. The molecule has 0 unspecified atom stereocenters. The number of halogens is 1. The Hall–Kier alpha value is -1.33. The third-order valence-corrected chi connectivity index (χ3v) is 3.09. The maximum atomic E-state index is 11.9. The van der Waals surface area contributed by atoms with Crippen LogP contribution in [-0.2, 0) is 7.05 Å². The highest BCUT2D eigenvalue weighted by molar-refractivity contribution is 9.10. The van der Waals surface area contributed by atoms with Gasteiger partial charge in [0.1, 0.15) is 0 Å². The largest absolute Gasteiger partial charge is 0.395 e. The van der Waals surface area contributed by atoms with Gasteiger partial charge >= 0.3 is 0 Å². The fourth-order valence-electron chi connectivity index (χ4n) is 1.81. The van der Waals surface area contributed by atoms with E-state index in [9.17, 15) is 4.79 Å². The topological polar surface area (TPSA) is 54.3 Å². The van der Waals surface area contributed by atoms with Crippen LogP contribution in [0.3, 0.4) is 0 Å². The fraction of sp³-hybridized carbons (Fsp3) is 0.250. The molecule has 0 aliphatic heterocycles. The van der Waals surface area contributed by atoms with Crippen LogP contribution in [0.4, 0.5) is 0 Å². The maximum Gasteiger partial charge on any atom is 0.253 e. The van der Waals surface area contributed by atoms with Crippen LogP contribution in [0.2, 0.25) is 0 Å². The Labute approximate surface area is 107 Å². The first-order chi connectivity index (χ1) is 8.13. The summed E-state index contributed by atoms with van der Waals surface area (Å²) in [6.07, 6.45) is 1.80. The minimum absolute atomic E-state index is 0.0554. The number of nitrogens with zero attached hydrogens (tertiary/aromatic N) is 1. The van der Waals surface area contributed by atoms with Gasteiger partial charge < -0.3 is 15.0 Å². The molecule has 0 bridgehead atoms. The first kappa shape index (κ1) is 12.1. The van der Waals surface area contributed by atoms with Gasteiger partial charge in [-0.1, -0.05) is 15.9 Å². The molecule has 1 aromatic heterocycles. The molecule has 0 spiro atoms. The Morgan fingerprint density at radius 1 is 1.53 bits per heavy atom. The summed E-state index contributed by atoms with van der Waals surface area (Å²) in [7, 11) is 1.90. The molecule has 0 fully saturated rings. The lowest BCUT2D eigenvalue weighted by molar-refractivity contribution is 0.0946. The van der Waals surface area contributed by atoms with Gasteiger partial charge in [-0.15, -0.1) is 0 Å². The molecule has 1 aromatic carbocycles. The van der Waals surface area contributed by atoms with Crippen molar-refractivity contribution in [2.24, 2.45) is 7.05 Å². The second-order valence-electron chi connectivity index (χ2n) is 3.79. The summed E-state index contributed by atoms with van der Waals surface area (Å²) < 4.78 is 2.85. The summed E-state index contributed by atoms with van der Waals surface area (Å²) in [6, 6.07) is 5.82. The van der Waals surface area contributed by atoms with Gasteiger partial charge in [0, 0.05) is 35.2 Å². The number of hydrogen-bond donors (Lipinski definition) is 2. The normalized spacial score (nSPS) is 10.8. The van der Waals surface area contributed by atoms with Crippen molar-refractivity contribution in [1.29, 1.82) is 0 Å². The van der Waals surface area contributed by atoms with E-state index in [2.05, 4.69) is 21.2 Å². The molecular formula is C12H13BrN2O2. The van der Waals surface area contributed by atoms with Crippen LogP contribution in [0.15, 0.2) is 28.9 Å². The average molecular weight is 297 g/mol. The molecule has 90 valence electrons. The van der Waals surface area contributed by atoms with Gasteiger partial charge in [0.15, 0.2) is 0 Å². The number of amides is 1. The average Bonchev–Trinajstić information content (AvgIpc) is 2.63. The van der Waals surface area contributed by atoms with Gasteiger partial charge in [-0.05, 0) is 18.2 Å². The highest BCUT2D eigenvalue weighted by Crippen LogP contribution is 2.24. The van der Waals surface area contributed by atoms with Crippen molar-refractivity contribution in [2.75, 3.05) is 13.2 Å². The lowest BCUT2D eigenvalue weighted by atomic mass is 10.1. The summed E-state index contributed by atoms with van der Waals surface area (Å²) >= 11 is 3.40. The summed E-state index contributed by atoms with van der Waals surface area (Å²) in [4.78, 5) is 11.9. The van der Waals surface area contributed by atoms with Crippen LogP contribution in [-0.4, -0.2) is 28.7 Å². The zero-order valence-corrected chi connectivity index (χ0v) is 11.0. The smallest absolute Gasteiger partial charge is 0.253 e. The third kappa shape index (κ3) is 2.35. The first-order valence-electron chi connectivity index (χ1n) is 5.27. The van der Waals surface area contributed by atoms with Gasteiger partial charge in [0.25, 0.3) is 5.91 Å². The molecule has 2 rings (SSSR count). The number of hydrogen-bond acceptors (Lipinski definition) is 2. The fourth-order valence-corrected chi connectivity index (χ4v) is 2.17. The Morgan fingerprint density at radius 2 is 2.29 bits per heavy atom. The minimum atomic E-state index is -0.164. The number of benzene rings is 1. The molecule has 0 saturated heterocycles. The Bertz CT molecular complexity index is 563. The van der Waals surface area contributed by atoms with Crippen molar-refractivity contribution in [3.05, 3.63) is 34.4 Å². The van der Waals surface area contributed by atoms with Crippen LogP contribution in [0, 0.1) is 0 Å². The van der Waals surface area contributed by atoms with E-state index in [0.29, 0.717) is 5.56 Å². The van der Waals surface area contributed by atoms with E-state index >= 15 is 0 Å². The molecule has 0 saturated carbocycles. The van der Waals surface area contributed by atoms with E-state index in [4.69, 9.17) is 5.11 Å². The lowest BCUT2D eigenvalue weighted by Gasteiger charge is -2.01. The number of carbonyl (C=O) groups excluding carboxylic acids is 1. The molecule has 4 nitrogen and oxygen atoms in total. The Morgan fingerprint density at radius 3 is 3.00 bits per heavy atom. The Kier molecular flexibility index (Phi) is 3.49. The SMILES string of the molecule is Cn1cc(C(=O)NCCO)c2cc(Br)ccc21. The van der Waals surface area contributed by atoms with Crippen LogP contribution >= 0.6 is 15.9 Å². The summed E-state index contributed by atoms with van der Waals surface area (Å²) in [6.45, 7) is 0.212. The monoisotopic (exact) mass is 296 g/mol. The summed E-state index contributed by atoms with van der Waals surface area (Å²) in [5, 5.41) is 12.3. The van der Waals surface area contributed by atoms with Crippen LogP contribution in [0.5, 0.6) is 0 Å².